The van der Waals surface area contributed by atoms with Gasteiger partial charge in [-0.25, -0.2) is 0 Å². The molecular formula is C24H35F3N4O4. The summed E-state index contributed by atoms with van der Waals surface area (Å²) in [7, 11) is 0. The highest BCUT2D eigenvalue weighted by Crippen LogP contribution is 2.39. The normalized spacial score (nSPS) is 16.4. The molecule has 196 valence electrons. The number of primary amides is 1. The Morgan fingerprint density at radius 2 is 1.69 bits per heavy atom. The molecular weight excluding hydrogens is 465 g/mol. The molecule has 1 aliphatic heterocycles. The number of ether oxygens (including phenoxy) is 1. The quantitative estimate of drug-likeness (QED) is 0.560. The van der Waals surface area contributed by atoms with Crippen LogP contribution in [0.4, 0.5) is 24.5 Å². The fourth-order valence-corrected chi connectivity index (χ4v) is 3.99. The van der Waals surface area contributed by atoms with Gasteiger partial charge in [-0.05, 0) is 29.0 Å². The predicted molar refractivity (Wildman–Crippen MR) is 127 cm³/mol. The summed E-state index contributed by atoms with van der Waals surface area (Å²) in [6, 6.07) is 1.76. The SMILES string of the molecule is CC(C)(C)CN(CC(C)(C)C)[C@@H](C(N)=O)C(=O)Nc1ccc(N2CCOCC2=O)c(C(F)(F)F)c1. The summed E-state index contributed by atoms with van der Waals surface area (Å²) in [4.78, 5) is 40.3. The minimum absolute atomic E-state index is 0.0219. The maximum absolute atomic E-state index is 13.9. The van der Waals surface area contributed by atoms with E-state index < -0.39 is 35.5 Å². The van der Waals surface area contributed by atoms with Gasteiger partial charge < -0.3 is 20.7 Å². The van der Waals surface area contributed by atoms with Gasteiger partial charge in [0.2, 0.25) is 5.91 Å². The minimum Gasteiger partial charge on any atom is -0.370 e. The Kier molecular flexibility index (Phi) is 8.60. The molecule has 0 aromatic heterocycles. The van der Waals surface area contributed by atoms with Gasteiger partial charge in [0.1, 0.15) is 6.61 Å². The molecule has 0 bridgehead atoms. The van der Waals surface area contributed by atoms with Crippen molar-refractivity contribution in [3.63, 3.8) is 0 Å². The molecule has 0 aliphatic carbocycles. The molecule has 1 aromatic carbocycles. The van der Waals surface area contributed by atoms with Gasteiger partial charge in [-0.1, -0.05) is 41.5 Å². The number of nitrogens with two attached hydrogens (primary N) is 1. The molecule has 1 heterocycles. The van der Waals surface area contributed by atoms with Crippen molar-refractivity contribution in [1.82, 2.24) is 4.90 Å². The topological polar surface area (TPSA) is 105 Å². The van der Waals surface area contributed by atoms with Gasteiger partial charge in [0.15, 0.2) is 6.04 Å². The fraction of sp³-hybridized carbons (Fsp3) is 0.625. The Morgan fingerprint density at radius 1 is 1.11 bits per heavy atom. The summed E-state index contributed by atoms with van der Waals surface area (Å²) in [5.41, 5.74) is 3.46. The number of amides is 3. The first-order valence-electron chi connectivity index (χ1n) is 11.3. The lowest BCUT2D eigenvalue weighted by Crippen LogP contribution is -2.56. The van der Waals surface area contributed by atoms with Crippen LogP contribution in [0.1, 0.15) is 47.1 Å². The van der Waals surface area contributed by atoms with E-state index in [1.54, 1.807) is 4.90 Å². The van der Waals surface area contributed by atoms with E-state index in [9.17, 15) is 27.6 Å². The molecule has 0 spiro atoms. The zero-order valence-electron chi connectivity index (χ0n) is 21.1. The van der Waals surface area contributed by atoms with Crippen LogP contribution in [0, 0.1) is 10.8 Å². The number of morpholine rings is 1. The standard InChI is InChI=1S/C24H35F3N4O4/c1-22(2,3)13-30(14-23(4,5)6)19(20(28)33)21(34)29-15-7-8-17(16(11-15)24(25,26)27)31-9-10-35-12-18(31)32/h7-8,11,19H,9-10,12-14H2,1-6H3,(H2,28,33)(H,29,34)/t19-/m0/s1. The van der Waals surface area contributed by atoms with Crippen LogP contribution in [0.3, 0.4) is 0 Å². The number of benzene rings is 1. The van der Waals surface area contributed by atoms with Crippen LogP contribution in [0.25, 0.3) is 0 Å². The van der Waals surface area contributed by atoms with Gasteiger partial charge in [-0.15, -0.1) is 0 Å². The Bertz CT molecular complexity index is 936. The van der Waals surface area contributed by atoms with E-state index in [2.05, 4.69) is 5.32 Å². The summed E-state index contributed by atoms with van der Waals surface area (Å²) in [6.07, 6.45) is -4.79. The van der Waals surface area contributed by atoms with Gasteiger partial charge in [0.25, 0.3) is 11.8 Å². The second-order valence-electron chi connectivity index (χ2n) is 11.1. The van der Waals surface area contributed by atoms with Gasteiger partial charge >= 0.3 is 6.18 Å². The smallest absolute Gasteiger partial charge is 0.370 e. The molecule has 2 rings (SSSR count). The maximum atomic E-state index is 13.9. The van der Waals surface area contributed by atoms with Gasteiger partial charge in [0.05, 0.1) is 17.9 Å². The van der Waals surface area contributed by atoms with Crippen LogP contribution in [0.15, 0.2) is 18.2 Å². The number of nitrogens with zero attached hydrogens (tertiary/aromatic N) is 2. The van der Waals surface area contributed by atoms with Crippen LogP contribution in [-0.4, -0.2) is 61.5 Å². The molecule has 3 N–H and O–H groups in total. The third-order valence-corrected chi connectivity index (χ3v) is 5.08. The lowest BCUT2D eigenvalue weighted by molar-refractivity contribution is -0.138. The molecule has 3 amide bonds. The number of anilines is 2. The Labute approximate surface area is 203 Å². The van der Waals surface area contributed by atoms with Crippen LogP contribution in [0.5, 0.6) is 0 Å². The van der Waals surface area contributed by atoms with Crippen molar-refractivity contribution in [2.75, 3.05) is 43.1 Å². The number of rotatable bonds is 7. The summed E-state index contributed by atoms with van der Waals surface area (Å²) in [5.74, 6) is -2.32. The average Bonchev–Trinajstić information content (AvgIpc) is 2.65. The number of carbonyl (C=O) groups excluding carboxylic acids is 3. The lowest BCUT2D eigenvalue weighted by Gasteiger charge is -2.38. The van der Waals surface area contributed by atoms with Crippen molar-refractivity contribution < 1.29 is 32.3 Å². The first kappa shape index (κ1) is 28.6. The minimum atomic E-state index is -4.79. The highest BCUT2D eigenvalue weighted by Gasteiger charge is 2.39. The average molecular weight is 501 g/mol. The largest absolute Gasteiger partial charge is 0.418 e. The highest BCUT2D eigenvalue weighted by molar-refractivity contribution is 6.09. The number of carbonyl (C=O) groups is 3. The number of nitrogens with one attached hydrogen (secondary N) is 1. The van der Waals surface area contributed by atoms with Crippen LogP contribution in [0.2, 0.25) is 0 Å². The molecule has 0 unspecified atom stereocenters. The first-order chi connectivity index (χ1) is 15.9. The number of hydrogen-bond acceptors (Lipinski definition) is 5. The van der Waals surface area contributed by atoms with Crippen molar-refractivity contribution in [2.45, 2.75) is 53.8 Å². The van der Waals surface area contributed by atoms with E-state index in [0.717, 1.165) is 17.0 Å². The van der Waals surface area contributed by atoms with E-state index in [-0.39, 0.29) is 42.0 Å². The van der Waals surface area contributed by atoms with Crippen LogP contribution < -0.4 is 16.0 Å². The molecule has 1 aliphatic rings. The predicted octanol–water partition coefficient (Wildman–Crippen LogP) is 3.26. The van der Waals surface area contributed by atoms with Gasteiger partial charge in [0, 0.05) is 25.3 Å². The Balaban J connectivity index is 2.40. The molecule has 1 fully saturated rings. The summed E-state index contributed by atoms with van der Waals surface area (Å²) in [6.45, 7) is 12.2. The molecule has 8 nitrogen and oxygen atoms in total. The van der Waals surface area contributed by atoms with Gasteiger partial charge in [-0.2, -0.15) is 13.2 Å². The van der Waals surface area contributed by atoms with E-state index in [1.165, 1.54) is 6.07 Å². The molecule has 0 saturated carbocycles. The third-order valence-electron chi connectivity index (χ3n) is 5.08. The molecule has 1 aromatic rings. The molecule has 1 saturated heterocycles. The van der Waals surface area contributed by atoms with Gasteiger partial charge in [-0.3, -0.25) is 19.3 Å². The second-order valence-corrected chi connectivity index (χ2v) is 11.1. The van der Waals surface area contributed by atoms with E-state index >= 15 is 0 Å². The van der Waals surface area contributed by atoms with E-state index in [0.29, 0.717) is 13.1 Å². The second kappa shape index (κ2) is 10.5. The molecule has 11 heteroatoms. The van der Waals surface area contributed by atoms with E-state index in [1.807, 2.05) is 41.5 Å². The number of hydrogen-bond donors (Lipinski definition) is 2. The maximum Gasteiger partial charge on any atom is 0.418 e. The van der Waals surface area contributed by atoms with Crippen molar-refractivity contribution in [3.8, 4) is 0 Å². The third kappa shape index (κ3) is 8.21. The molecule has 0 radical (unpaired) electrons. The Hall–Kier alpha value is -2.66. The fourth-order valence-electron chi connectivity index (χ4n) is 3.99. The van der Waals surface area contributed by atoms with Crippen LogP contribution in [-0.2, 0) is 25.3 Å². The zero-order chi connectivity index (χ0) is 26.8. The Morgan fingerprint density at radius 3 is 2.14 bits per heavy atom. The number of alkyl halides is 3. The number of halogens is 3. The summed E-state index contributed by atoms with van der Waals surface area (Å²) in [5, 5.41) is 2.42. The van der Waals surface area contributed by atoms with Crippen molar-refractivity contribution in [3.05, 3.63) is 23.8 Å². The molecule has 35 heavy (non-hydrogen) atoms. The lowest BCUT2D eigenvalue weighted by atomic mass is 9.90. The summed E-state index contributed by atoms with van der Waals surface area (Å²) >= 11 is 0. The monoisotopic (exact) mass is 500 g/mol. The van der Waals surface area contributed by atoms with Crippen molar-refractivity contribution >= 4 is 29.1 Å². The first-order valence-corrected chi connectivity index (χ1v) is 11.3. The van der Waals surface area contributed by atoms with Crippen molar-refractivity contribution in [2.24, 2.45) is 16.6 Å². The van der Waals surface area contributed by atoms with Crippen molar-refractivity contribution in [1.29, 1.82) is 0 Å². The zero-order valence-corrected chi connectivity index (χ0v) is 21.1. The van der Waals surface area contributed by atoms with Crippen LogP contribution >= 0.6 is 0 Å². The highest BCUT2D eigenvalue weighted by atomic mass is 19.4. The van der Waals surface area contributed by atoms with E-state index in [4.69, 9.17) is 10.5 Å². The summed E-state index contributed by atoms with van der Waals surface area (Å²) < 4.78 is 46.6. The molecule has 1 atom stereocenters.